The van der Waals surface area contributed by atoms with Crippen LogP contribution in [0, 0.1) is 0 Å². The number of hydrogen-bond acceptors (Lipinski definition) is 5. The first-order valence-corrected chi connectivity index (χ1v) is 26.3. The summed E-state index contributed by atoms with van der Waals surface area (Å²) in [7, 11) is 0. The second-order valence-electron chi connectivity index (χ2n) is 19.7. The smallest absolute Gasteiger partial charge is 0.164 e. The van der Waals surface area contributed by atoms with E-state index in [1.165, 1.54) is 70.4 Å². The molecule has 0 saturated heterocycles. The molecule has 0 amide bonds. The van der Waals surface area contributed by atoms with Gasteiger partial charge in [0.15, 0.2) is 17.5 Å². The molecule has 348 valence electrons. The number of aromatic nitrogens is 3. The van der Waals surface area contributed by atoms with Crippen LogP contribution in [0.25, 0.3) is 132 Å². The van der Waals surface area contributed by atoms with E-state index in [0.29, 0.717) is 17.5 Å². The van der Waals surface area contributed by atoms with Gasteiger partial charge in [-0.1, -0.05) is 212 Å². The van der Waals surface area contributed by atoms with Crippen molar-refractivity contribution in [1.82, 2.24) is 15.0 Å². The minimum atomic E-state index is -0.459. The Kier molecular flexibility index (Phi) is 9.09. The number of fused-ring (bicyclic) bond motifs is 16. The second kappa shape index (κ2) is 16.2. The highest BCUT2D eigenvalue weighted by Gasteiger charge is 2.52. The average molecular weight is 972 g/mol. The van der Waals surface area contributed by atoms with E-state index in [1.807, 2.05) is 18.2 Å². The summed E-state index contributed by atoms with van der Waals surface area (Å²) in [6, 6.07) is 89.8. The lowest BCUT2D eigenvalue weighted by molar-refractivity contribution is 0.669. The first kappa shape index (κ1) is 42.0. The fourth-order valence-corrected chi connectivity index (χ4v) is 13.8. The zero-order valence-corrected chi connectivity index (χ0v) is 41.1. The van der Waals surface area contributed by atoms with E-state index >= 15 is 0 Å². The predicted molar refractivity (Wildman–Crippen MR) is 309 cm³/mol. The van der Waals surface area contributed by atoms with E-state index < -0.39 is 5.41 Å². The monoisotopic (exact) mass is 971 g/mol. The maximum absolute atomic E-state index is 6.72. The quantitative estimate of drug-likeness (QED) is 0.167. The maximum atomic E-state index is 6.72. The molecule has 0 bridgehead atoms. The van der Waals surface area contributed by atoms with Crippen LogP contribution >= 0.6 is 11.3 Å². The Labute approximate surface area is 436 Å². The van der Waals surface area contributed by atoms with Crippen molar-refractivity contribution in [3.05, 3.63) is 271 Å². The standard InChI is InChI=1S/C70H41N3OS/c1-2-18-42(19-3-1)46-22-4-5-26-52(46)67-71-68(73-69(72-67)55-31-17-37-63-65(55)53-27-9-13-36-62(53)75-63)54-30-16-35-61-64(54)56-41-44(38-39-60(56)74-61)43-20-14-21-45(40-43)47-28-15-29-51-50-25-8-12-34-59(50)70(66(47)51)57-32-10-6-23-48(57)49-24-7-11-33-58(49)70/h1-41H. The SMILES string of the molecule is c1ccc(-c2ccccc2-c2nc(-c3cccc4oc5ccc(-c6cccc(-c7cccc8c7C7(c9ccccc9-c9ccccc97)c7ccccc7-8)c6)cc5c34)nc(-c3cccc4sc5ccccc5c34)n2)cc1. The molecule has 0 radical (unpaired) electrons. The largest absolute Gasteiger partial charge is 0.456 e. The summed E-state index contributed by atoms with van der Waals surface area (Å²) in [6.07, 6.45) is 0. The fourth-order valence-electron chi connectivity index (χ4n) is 12.7. The highest BCUT2D eigenvalue weighted by Crippen LogP contribution is 2.64. The molecule has 3 heterocycles. The molecule has 75 heavy (non-hydrogen) atoms. The molecule has 0 saturated carbocycles. The summed E-state index contributed by atoms with van der Waals surface area (Å²) in [5.74, 6) is 1.81. The number of thiophene rings is 1. The van der Waals surface area contributed by atoms with Gasteiger partial charge < -0.3 is 4.42 Å². The van der Waals surface area contributed by atoms with Crippen molar-refractivity contribution in [2.75, 3.05) is 0 Å². The second-order valence-corrected chi connectivity index (χ2v) is 20.8. The highest BCUT2D eigenvalue weighted by atomic mass is 32.1. The van der Waals surface area contributed by atoms with Gasteiger partial charge in [-0.15, -0.1) is 11.3 Å². The number of benzene rings is 11. The summed E-state index contributed by atoms with van der Waals surface area (Å²) >= 11 is 1.79. The Morgan fingerprint density at radius 1 is 0.293 bits per heavy atom. The van der Waals surface area contributed by atoms with Gasteiger partial charge in [0, 0.05) is 47.6 Å². The minimum absolute atomic E-state index is 0.459. The molecule has 0 N–H and O–H groups in total. The lowest BCUT2D eigenvalue weighted by atomic mass is 9.68. The van der Waals surface area contributed by atoms with Crippen molar-refractivity contribution in [2.24, 2.45) is 0 Å². The number of furan rings is 1. The first-order chi connectivity index (χ1) is 37.2. The number of hydrogen-bond donors (Lipinski definition) is 0. The van der Waals surface area contributed by atoms with Crippen LogP contribution in [-0.4, -0.2) is 15.0 Å². The van der Waals surface area contributed by atoms with Gasteiger partial charge in [0.1, 0.15) is 11.2 Å². The molecule has 0 unspecified atom stereocenters. The average Bonchev–Trinajstić information content (AvgIpc) is 4.32. The molecule has 11 aromatic carbocycles. The third kappa shape index (κ3) is 6.13. The zero-order valence-electron chi connectivity index (χ0n) is 40.3. The van der Waals surface area contributed by atoms with Crippen molar-refractivity contribution in [3.8, 4) is 89.8 Å². The van der Waals surface area contributed by atoms with Crippen LogP contribution in [-0.2, 0) is 5.41 Å². The lowest BCUT2D eigenvalue weighted by Gasteiger charge is -2.32. The van der Waals surface area contributed by atoms with Crippen molar-refractivity contribution in [2.45, 2.75) is 5.41 Å². The molecule has 4 nitrogen and oxygen atoms in total. The van der Waals surface area contributed by atoms with Gasteiger partial charge in [0.2, 0.25) is 0 Å². The number of rotatable bonds is 6. The molecular weight excluding hydrogens is 931 g/mol. The van der Waals surface area contributed by atoms with Crippen molar-refractivity contribution < 1.29 is 4.42 Å². The third-order valence-electron chi connectivity index (χ3n) is 15.8. The van der Waals surface area contributed by atoms with Gasteiger partial charge in [0.25, 0.3) is 0 Å². The fraction of sp³-hybridized carbons (Fsp3) is 0.0143. The van der Waals surface area contributed by atoms with E-state index in [-0.39, 0.29) is 0 Å². The zero-order chi connectivity index (χ0) is 49.2. The first-order valence-electron chi connectivity index (χ1n) is 25.5. The van der Waals surface area contributed by atoms with Gasteiger partial charge in [-0.2, -0.15) is 0 Å². The Morgan fingerprint density at radius 2 is 0.787 bits per heavy atom. The Bertz CT molecular complexity index is 4620. The molecule has 0 aliphatic heterocycles. The number of nitrogens with zero attached hydrogens (tertiary/aromatic N) is 3. The third-order valence-corrected chi connectivity index (χ3v) is 16.9. The van der Waals surface area contributed by atoms with Gasteiger partial charge in [-0.25, -0.2) is 15.0 Å². The van der Waals surface area contributed by atoms with Crippen molar-refractivity contribution in [3.63, 3.8) is 0 Å². The van der Waals surface area contributed by atoms with E-state index in [2.05, 4.69) is 231 Å². The van der Waals surface area contributed by atoms with E-state index in [9.17, 15) is 0 Å². The normalized spacial score (nSPS) is 12.9. The Balaban J connectivity index is 0.879. The molecule has 2 aliphatic rings. The van der Waals surface area contributed by atoms with Crippen LogP contribution in [0.3, 0.4) is 0 Å². The van der Waals surface area contributed by atoms with Gasteiger partial charge in [0.05, 0.1) is 5.41 Å². The van der Waals surface area contributed by atoms with Gasteiger partial charge in [-0.3, -0.25) is 0 Å². The molecule has 16 rings (SSSR count). The summed E-state index contributed by atoms with van der Waals surface area (Å²) in [5, 5.41) is 4.30. The Hall–Kier alpha value is -9.55. The van der Waals surface area contributed by atoms with Gasteiger partial charge >= 0.3 is 0 Å². The van der Waals surface area contributed by atoms with Crippen LogP contribution < -0.4 is 0 Å². The van der Waals surface area contributed by atoms with Crippen molar-refractivity contribution >= 4 is 53.4 Å². The predicted octanol–water partition coefficient (Wildman–Crippen LogP) is 18.5. The van der Waals surface area contributed by atoms with E-state index in [4.69, 9.17) is 19.4 Å². The minimum Gasteiger partial charge on any atom is -0.456 e. The summed E-state index contributed by atoms with van der Waals surface area (Å²) < 4.78 is 9.14. The van der Waals surface area contributed by atoms with Crippen molar-refractivity contribution in [1.29, 1.82) is 0 Å². The lowest BCUT2D eigenvalue weighted by Crippen LogP contribution is -2.26. The molecule has 5 heteroatoms. The van der Waals surface area contributed by atoms with Crippen LogP contribution in [0.2, 0.25) is 0 Å². The van der Waals surface area contributed by atoms with Gasteiger partial charge in [-0.05, 0) is 114 Å². The summed E-state index contributed by atoms with van der Waals surface area (Å²) in [4.78, 5) is 16.2. The molecule has 14 aromatic rings. The topological polar surface area (TPSA) is 51.8 Å². The highest BCUT2D eigenvalue weighted by molar-refractivity contribution is 7.25. The molecule has 0 fully saturated rings. The molecule has 3 aromatic heterocycles. The van der Waals surface area contributed by atoms with Crippen LogP contribution in [0.1, 0.15) is 22.3 Å². The van der Waals surface area contributed by atoms with E-state index in [1.54, 1.807) is 11.3 Å². The van der Waals surface area contributed by atoms with Crippen LogP contribution in [0.5, 0.6) is 0 Å². The Morgan fingerprint density at radius 3 is 1.53 bits per heavy atom. The molecule has 0 atom stereocenters. The summed E-state index contributed by atoms with van der Waals surface area (Å²) in [5.41, 5.74) is 21.2. The molecule has 1 spiro atoms. The molecular formula is C70H41N3OS. The van der Waals surface area contributed by atoms with E-state index in [0.717, 1.165) is 66.3 Å². The molecule has 2 aliphatic carbocycles. The van der Waals surface area contributed by atoms with Crippen LogP contribution in [0.15, 0.2) is 253 Å². The maximum Gasteiger partial charge on any atom is 0.164 e. The van der Waals surface area contributed by atoms with Crippen LogP contribution in [0.4, 0.5) is 0 Å². The summed E-state index contributed by atoms with van der Waals surface area (Å²) in [6.45, 7) is 0.